The van der Waals surface area contributed by atoms with Crippen molar-refractivity contribution in [3.05, 3.63) is 29.6 Å². The smallest absolute Gasteiger partial charge is 0.261 e. The molecule has 1 aromatic carbocycles. The first-order valence-corrected chi connectivity index (χ1v) is 8.28. The maximum atomic E-state index is 13.3. The monoisotopic (exact) mass is 321 g/mol. The predicted octanol–water partition coefficient (Wildman–Crippen LogP) is 1.52. The molecule has 1 aliphatic rings. The average molecular weight is 322 g/mol. The lowest BCUT2D eigenvalue weighted by Gasteiger charge is -2.10. The third-order valence-corrected chi connectivity index (χ3v) is 4.32. The van der Waals surface area contributed by atoms with Crippen molar-refractivity contribution in [3.8, 4) is 0 Å². The van der Waals surface area contributed by atoms with Crippen molar-refractivity contribution in [2.75, 3.05) is 19.8 Å². The van der Waals surface area contributed by atoms with Crippen LogP contribution in [0.4, 0.5) is 4.39 Å². The van der Waals surface area contributed by atoms with Crippen molar-refractivity contribution < 1.29 is 22.3 Å². The van der Waals surface area contributed by atoms with E-state index >= 15 is 0 Å². The number of carbonyl (C=O) groups excluding carboxylic acids is 1. The Morgan fingerprint density at radius 3 is 2.80 bits per heavy atom. The second kappa shape index (κ2) is 6.07. The van der Waals surface area contributed by atoms with Gasteiger partial charge in [0.05, 0.1) is 11.5 Å². The third kappa shape index (κ3) is 3.91. The molecule has 0 aliphatic carbocycles. The first kappa shape index (κ1) is 15.2. The Labute approximate surface area is 120 Å². The Morgan fingerprint density at radius 2 is 2.20 bits per heavy atom. The summed E-state index contributed by atoms with van der Waals surface area (Å²) in [5.41, 5.74) is -0.0804. The molecule has 1 aliphatic heterocycles. The van der Waals surface area contributed by atoms with Gasteiger partial charge in [0.25, 0.3) is 15.0 Å². The molecule has 0 bridgehead atoms. The van der Waals surface area contributed by atoms with Gasteiger partial charge >= 0.3 is 0 Å². The summed E-state index contributed by atoms with van der Waals surface area (Å²) in [6, 6.07) is 2.78. The Kier molecular flexibility index (Phi) is 4.62. The normalized spacial score (nSPS) is 19.0. The molecule has 2 rings (SSSR count). The summed E-state index contributed by atoms with van der Waals surface area (Å²) in [7, 11) is 1.07. The zero-order chi connectivity index (χ0) is 14.8. The molecular weight excluding hydrogens is 309 g/mol. The van der Waals surface area contributed by atoms with Gasteiger partial charge in [-0.05, 0) is 24.6 Å². The minimum absolute atomic E-state index is 0.0804. The van der Waals surface area contributed by atoms with Crippen molar-refractivity contribution in [1.82, 2.24) is 5.32 Å². The molecule has 110 valence electrons. The second-order valence-electron chi connectivity index (χ2n) is 4.55. The van der Waals surface area contributed by atoms with E-state index < -0.39 is 25.7 Å². The van der Waals surface area contributed by atoms with Gasteiger partial charge < -0.3 is 10.1 Å². The molecule has 8 heteroatoms. The van der Waals surface area contributed by atoms with E-state index in [9.17, 15) is 17.6 Å². The summed E-state index contributed by atoms with van der Waals surface area (Å²) in [5.74, 6) is -1.15. The molecule has 1 amide bonds. The predicted molar refractivity (Wildman–Crippen MR) is 70.7 cm³/mol. The van der Waals surface area contributed by atoms with E-state index in [0.717, 1.165) is 24.6 Å². The van der Waals surface area contributed by atoms with Crippen LogP contribution >= 0.6 is 10.7 Å². The Bertz CT molecular complexity index is 614. The lowest BCUT2D eigenvalue weighted by Crippen LogP contribution is -2.29. The van der Waals surface area contributed by atoms with Crippen LogP contribution in [0, 0.1) is 11.7 Å². The van der Waals surface area contributed by atoms with Crippen LogP contribution in [0.3, 0.4) is 0 Å². The first-order valence-electron chi connectivity index (χ1n) is 5.97. The summed E-state index contributed by atoms with van der Waals surface area (Å²) in [6.45, 7) is 1.64. The van der Waals surface area contributed by atoms with E-state index in [4.69, 9.17) is 15.4 Å². The number of hydrogen-bond acceptors (Lipinski definition) is 4. The SMILES string of the molecule is O=C(NCC1CCOC1)c1cc(F)cc(S(=O)(=O)Cl)c1. The van der Waals surface area contributed by atoms with Crippen molar-refractivity contribution >= 4 is 25.6 Å². The largest absolute Gasteiger partial charge is 0.381 e. The minimum Gasteiger partial charge on any atom is -0.381 e. The molecule has 1 fully saturated rings. The summed E-state index contributed by atoms with van der Waals surface area (Å²) < 4.78 is 40.9. The molecule has 1 N–H and O–H groups in total. The van der Waals surface area contributed by atoms with Crippen LogP contribution in [-0.4, -0.2) is 34.1 Å². The zero-order valence-corrected chi connectivity index (χ0v) is 12.0. The highest BCUT2D eigenvalue weighted by molar-refractivity contribution is 8.13. The molecule has 0 radical (unpaired) electrons. The molecule has 0 spiro atoms. The van der Waals surface area contributed by atoms with Gasteiger partial charge in [-0.1, -0.05) is 0 Å². The highest BCUT2D eigenvalue weighted by Crippen LogP contribution is 2.18. The summed E-state index contributed by atoms with van der Waals surface area (Å²) in [4.78, 5) is 11.4. The first-order chi connectivity index (χ1) is 9.36. The van der Waals surface area contributed by atoms with Crippen LogP contribution in [0.25, 0.3) is 0 Å². The summed E-state index contributed by atoms with van der Waals surface area (Å²) in [5, 5.41) is 2.62. The summed E-state index contributed by atoms with van der Waals surface area (Å²) in [6.07, 6.45) is 0.852. The van der Waals surface area contributed by atoms with Crippen LogP contribution in [0.2, 0.25) is 0 Å². The van der Waals surface area contributed by atoms with Gasteiger partial charge in [-0.3, -0.25) is 4.79 Å². The number of amides is 1. The number of halogens is 2. The molecular formula is C12H13ClFNO4S. The fraction of sp³-hybridized carbons (Fsp3) is 0.417. The van der Waals surface area contributed by atoms with Gasteiger partial charge in [-0.15, -0.1) is 0 Å². The average Bonchev–Trinajstić information content (AvgIpc) is 2.87. The molecule has 0 aromatic heterocycles. The summed E-state index contributed by atoms with van der Waals surface area (Å²) >= 11 is 0. The van der Waals surface area contributed by atoms with Crippen molar-refractivity contribution in [3.63, 3.8) is 0 Å². The van der Waals surface area contributed by atoms with Crippen LogP contribution in [0.15, 0.2) is 23.1 Å². The molecule has 0 saturated carbocycles. The number of hydrogen-bond donors (Lipinski definition) is 1. The number of rotatable bonds is 4. The van der Waals surface area contributed by atoms with Gasteiger partial charge in [-0.2, -0.15) is 0 Å². The van der Waals surface area contributed by atoms with Gasteiger partial charge in [0.1, 0.15) is 5.82 Å². The molecule has 1 atom stereocenters. The van der Waals surface area contributed by atoms with Crippen LogP contribution in [0.1, 0.15) is 16.8 Å². The molecule has 1 aromatic rings. The lowest BCUT2D eigenvalue weighted by molar-refractivity contribution is 0.0944. The Morgan fingerprint density at radius 1 is 1.45 bits per heavy atom. The topological polar surface area (TPSA) is 72.5 Å². The molecule has 1 heterocycles. The standard InChI is InChI=1S/C12H13ClFNO4S/c13-20(17,18)11-4-9(3-10(14)5-11)12(16)15-6-8-1-2-19-7-8/h3-5,8H,1-2,6-7H2,(H,15,16). The van der Waals surface area contributed by atoms with Crippen LogP contribution in [0.5, 0.6) is 0 Å². The van der Waals surface area contributed by atoms with Crippen molar-refractivity contribution in [2.45, 2.75) is 11.3 Å². The fourth-order valence-corrected chi connectivity index (χ4v) is 2.71. The lowest BCUT2D eigenvalue weighted by atomic mass is 10.1. The number of benzene rings is 1. The van der Waals surface area contributed by atoms with E-state index in [1.165, 1.54) is 0 Å². The number of ether oxygens (including phenoxy) is 1. The minimum atomic E-state index is -4.08. The zero-order valence-electron chi connectivity index (χ0n) is 10.4. The van der Waals surface area contributed by atoms with Crippen LogP contribution < -0.4 is 5.32 Å². The Hall–Kier alpha value is -1.18. The van der Waals surface area contributed by atoms with E-state index in [1.807, 2.05) is 0 Å². The van der Waals surface area contributed by atoms with Gasteiger partial charge in [0.2, 0.25) is 0 Å². The molecule has 1 saturated heterocycles. The van der Waals surface area contributed by atoms with Gasteiger partial charge in [0.15, 0.2) is 0 Å². The highest BCUT2D eigenvalue weighted by Gasteiger charge is 2.19. The molecule has 20 heavy (non-hydrogen) atoms. The second-order valence-corrected chi connectivity index (χ2v) is 7.12. The number of carbonyl (C=O) groups is 1. The van der Waals surface area contributed by atoms with E-state index in [0.29, 0.717) is 19.8 Å². The molecule has 5 nitrogen and oxygen atoms in total. The van der Waals surface area contributed by atoms with E-state index in [-0.39, 0.29) is 11.5 Å². The van der Waals surface area contributed by atoms with Gasteiger partial charge in [-0.25, -0.2) is 12.8 Å². The highest BCUT2D eigenvalue weighted by atomic mass is 35.7. The van der Waals surface area contributed by atoms with Crippen LogP contribution in [-0.2, 0) is 13.8 Å². The molecule has 1 unspecified atom stereocenters. The maximum absolute atomic E-state index is 13.3. The van der Waals surface area contributed by atoms with E-state index in [1.54, 1.807) is 0 Å². The van der Waals surface area contributed by atoms with E-state index in [2.05, 4.69) is 5.32 Å². The van der Waals surface area contributed by atoms with Crippen molar-refractivity contribution in [1.29, 1.82) is 0 Å². The third-order valence-electron chi connectivity index (χ3n) is 2.99. The van der Waals surface area contributed by atoms with Gasteiger partial charge in [0, 0.05) is 35.3 Å². The Balaban J connectivity index is 2.11. The number of nitrogens with one attached hydrogen (secondary N) is 1. The van der Waals surface area contributed by atoms with Crippen molar-refractivity contribution in [2.24, 2.45) is 5.92 Å². The fourth-order valence-electron chi connectivity index (χ4n) is 1.92. The maximum Gasteiger partial charge on any atom is 0.261 e. The quantitative estimate of drug-likeness (QED) is 0.853.